The predicted molar refractivity (Wildman–Crippen MR) is 147 cm³/mol. The van der Waals surface area contributed by atoms with Crippen molar-refractivity contribution in [3.05, 3.63) is 86.2 Å². The first kappa shape index (κ1) is 25.2. The molecular weight excluding hydrogens is 503 g/mol. The summed E-state index contributed by atoms with van der Waals surface area (Å²) in [5, 5.41) is 1.70. The maximum Gasteiger partial charge on any atom is 0.271 e. The number of anilines is 1. The van der Waals surface area contributed by atoms with Crippen molar-refractivity contribution in [3.63, 3.8) is 0 Å². The highest BCUT2D eigenvalue weighted by Crippen LogP contribution is 2.39. The summed E-state index contributed by atoms with van der Waals surface area (Å²) in [5.74, 6) is 1.06. The highest BCUT2D eigenvalue weighted by Gasteiger charge is 2.35. The fraction of sp³-hybridized carbons (Fsp3) is 0.185. The van der Waals surface area contributed by atoms with E-state index in [4.69, 9.17) is 37.7 Å². The van der Waals surface area contributed by atoms with E-state index in [-0.39, 0.29) is 5.91 Å². The highest BCUT2D eigenvalue weighted by molar-refractivity contribution is 8.19. The number of methoxy groups -OCH3 is 1. The zero-order valence-electron chi connectivity index (χ0n) is 19.8. The number of aryl methyl sites for hydroxylation is 2. The second-order valence-corrected chi connectivity index (χ2v) is 9.68. The topological polar surface area (TPSA) is 51.1 Å². The van der Waals surface area contributed by atoms with Crippen molar-refractivity contribution >= 4 is 63.5 Å². The van der Waals surface area contributed by atoms with Gasteiger partial charge in [-0.05, 0) is 91.7 Å². The number of amides is 1. The Kier molecular flexibility index (Phi) is 7.75. The molecule has 0 N–H and O–H groups in total. The van der Waals surface area contributed by atoms with Gasteiger partial charge < -0.3 is 9.47 Å². The van der Waals surface area contributed by atoms with Gasteiger partial charge in [-0.25, -0.2) is 4.99 Å². The molecule has 1 heterocycles. The third-order valence-electron chi connectivity index (χ3n) is 5.39. The van der Waals surface area contributed by atoms with Crippen LogP contribution in [0.3, 0.4) is 0 Å². The third-order valence-corrected chi connectivity index (χ3v) is 7.17. The summed E-state index contributed by atoms with van der Waals surface area (Å²) in [6.07, 6.45) is 1.82. The van der Waals surface area contributed by atoms with Crippen LogP contribution in [0, 0.1) is 13.8 Å². The number of aliphatic imine (C=N–C) groups is 1. The van der Waals surface area contributed by atoms with Crippen LogP contribution in [-0.4, -0.2) is 24.8 Å². The molecule has 4 rings (SSSR count). The van der Waals surface area contributed by atoms with Crippen LogP contribution in [0.5, 0.6) is 11.5 Å². The van der Waals surface area contributed by atoms with Gasteiger partial charge >= 0.3 is 0 Å². The number of amidine groups is 1. The van der Waals surface area contributed by atoms with E-state index in [9.17, 15) is 4.79 Å². The van der Waals surface area contributed by atoms with Gasteiger partial charge in [0.05, 0.1) is 30.0 Å². The predicted octanol–water partition coefficient (Wildman–Crippen LogP) is 7.83. The molecule has 0 radical (unpaired) electrons. The number of carbonyl (C=O) groups is 1. The van der Waals surface area contributed by atoms with E-state index in [1.807, 2.05) is 69.3 Å². The Morgan fingerprint density at radius 3 is 2.34 bits per heavy atom. The number of hydrogen-bond acceptors (Lipinski definition) is 5. The first-order valence-corrected chi connectivity index (χ1v) is 12.5. The molecule has 0 unspecified atom stereocenters. The van der Waals surface area contributed by atoms with Crippen LogP contribution in [0.25, 0.3) is 6.08 Å². The van der Waals surface area contributed by atoms with Crippen molar-refractivity contribution in [2.75, 3.05) is 18.6 Å². The van der Waals surface area contributed by atoms with Gasteiger partial charge in [0.15, 0.2) is 16.7 Å². The minimum Gasteiger partial charge on any atom is -0.493 e. The van der Waals surface area contributed by atoms with Crippen molar-refractivity contribution in [1.82, 2.24) is 0 Å². The summed E-state index contributed by atoms with van der Waals surface area (Å²) in [5.41, 5.74) is 3.99. The molecule has 180 valence electrons. The van der Waals surface area contributed by atoms with Crippen LogP contribution in [0.4, 0.5) is 11.4 Å². The van der Waals surface area contributed by atoms with E-state index < -0.39 is 0 Å². The monoisotopic (exact) mass is 526 g/mol. The van der Waals surface area contributed by atoms with Gasteiger partial charge in [0, 0.05) is 10.0 Å². The van der Waals surface area contributed by atoms with Gasteiger partial charge in [0.1, 0.15) is 0 Å². The Balaban J connectivity index is 1.78. The van der Waals surface area contributed by atoms with Crippen molar-refractivity contribution in [2.24, 2.45) is 4.99 Å². The lowest BCUT2D eigenvalue weighted by atomic mass is 10.1. The summed E-state index contributed by atoms with van der Waals surface area (Å²) in [7, 11) is 1.59. The maximum absolute atomic E-state index is 13.6. The number of hydrogen-bond donors (Lipinski definition) is 0. The average molecular weight is 527 g/mol. The summed E-state index contributed by atoms with van der Waals surface area (Å²) in [4.78, 5) is 20.4. The summed E-state index contributed by atoms with van der Waals surface area (Å²) in [6, 6.07) is 16.6. The quantitative estimate of drug-likeness (QED) is 0.307. The fourth-order valence-corrected chi connectivity index (χ4v) is 4.81. The average Bonchev–Trinajstić information content (AvgIpc) is 3.13. The van der Waals surface area contributed by atoms with E-state index in [1.165, 1.54) is 11.8 Å². The third kappa shape index (κ3) is 5.50. The molecule has 5 nitrogen and oxygen atoms in total. The van der Waals surface area contributed by atoms with E-state index in [0.717, 1.165) is 16.7 Å². The number of rotatable bonds is 6. The molecule has 1 aliphatic rings. The summed E-state index contributed by atoms with van der Waals surface area (Å²) < 4.78 is 11.1. The van der Waals surface area contributed by atoms with Crippen molar-refractivity contribution in [3.8, 4) is 11.5 Å². The van der Waals surface area contributed by atoms with Gasteiger partial charge in [0.2, 0.25) is 0 Å². The van der Waals surface area contributed by atoms with Crippen LogP contribution in [-0.2, 0) is 4.79 Å². The van der Waals surface area contributed by atoms with Crippen LogP contribution in [0.2, 0.25) is 10.0 Å². The minimum atomic E-state index is -0.194. The number of thioether (sulfide) groups is 1. The molecule has 3 aromatic rings. The molecule has 1 amide bonds. The van der Waals surface area contributed by atoms with Gasteiger partial charge in [-0.3, -0.25) is 9.69 Å². The number of halogens is 2. The number of nitrogens with zero attached hydrogens (tertiary/aromatic N) is 2. The Morgan fingerprint density at radius 2 is 1.69 bits per heavy atom. The lowest BCUT2D eigenvalue weighted by Gasteiger charge is -2.16. The molecule has 35 heavy (non-hydrogen) atoms. The fourth-order valence-electron chi connectivity index (χ4n) is 3.46. The van der Waals surface area contributed by atoms with Gasteiger partial charge in [0.25, 0.3) is 5.91 Å². The van der Waals surface area contributed by atoms with Gasteiger partial charge in [-0.2, -0.15) is 0 Å². The molecule has 1 saturated heterocycles. The first-order chi connectivity index (χ1) is 16.8. The SMILES string of the molecule is CCOc1cc(/C=C2/SC(=Nc3ccc(C)c(Cl)c3)N(c3ccc(C)c(Cl)c3)C2=O)ccc1OC. The largest absolute Gasteiger partial charge is 0.493 e. The second-order valence-electron chi connectivity index (χ2n) is 7.86. The Morgan fingerprint density at radius 1 is 0.971 bits per heavy atom. The molecule has 1 aliphatic heterocycles. The minimum absolute atomic E-state index is 0.194. The van der Waals surface area contributed by atoms with Gasteiger partial charge in [-0.15, -0.1) is 0 Å². The van der Waals surface area contributed by atoms with Crippen LogP contribution in [0.1, 0.15) is 23.6 Å². The lowest BCUT2D eigenvalue weighted by molar-refractivity contribution is -0.113. The Labute approximate surface area is 219 Å². The van der Waals surface area contributed by atoms with Crippen LogP contribution in [0.15, 0.2) is 64.5 Å². The lowest BCUT2D eigenvalue weighted by Crippen LogP contribution is -2.28. The molecule has 0 atom stereocenters. The standard InChI is InChI=1S/C27H24Cl2N2O3S/c1-5-34-24-12-18(8-11-23(24)33-4)13-25-26(32)31(20-10-7-17(3)22(29)15-20)27(35-25)30-19-9-6-16(2)21(28)14-19/h6-15H,5H2,1-4H3/b25-13+,30-27?. The number of ether oxygens (including phenoxy) is 2. The zero-order valence-corrected chi connectivity index (χ0v) is 22.1. The summed E-state index contributed by atoms with van der Waals surface area (Å²) in [6.45, 7) is 6.26. The molecule has 0 saturated carbocycles. The second kappa shape index (κ2) is 10.8. The van der Waals surface area contributed by atoms with E-state index in [0.29, 0.717) is 49.6 Å². The van der Waals surface area contributed by atoms with E-state index in [2.05, 4.69) is 0 Å². The van der Waals surface area contributed by atoms with Crippen LogP contribution < -0.4 is 14.4 Å². The highest BCUT2D eigenvalue weighted by atomic mass is 35.5. The molecular formula is C27H24Cl2N2O3S. The summed E-state index contributed by atoms with van der Waals surface area (Å²) >= 11 is 14.0. The van der Waals surface area contributed by atoms with E-state index >= 15 is 0 Å². The Bertz CT molecular complexity index is 1350. The Hall–Kier alpha value is -2.93. The molecule has 0 spiro atoms. The smallest absolute Gasteiger partial charge is 0.271 e. The normalized spacial score (nSPS) is 15.8. The molecule has 8 heteroatoms. The zero-order chi connectivity index (χ0) is 25.1. The first-order valence-electron chi connectivity index (χ1n) is 11.0. The molecule has 1 fully saturated rings. The van der Waals surface area contributed by atoms with E-state index in [1.54, 1.807) is 24.1 Å². The number of carbonyl (C=O) groups excluding carboxylic acids is 1. The molecule has 0 aliphatic carbocycles. The van der Waals surface area contributed by atoms with Gasteiger partial charge in [-0.1, -0.05) is 41.4 Å². The molecule has 0 aromatic heterocycles. The molecule has 0 bridgehead atoms. The maximum atomic E-state index is 13.6. The van der Waals surface area contributed by atoms with Crippen molar-refractivity contribution in [2.45, 2.75) is 20.8 Å². The molecule has 3 aromatic carbocycles. The van der Waals surface area contributed by atoms with Crippen molar-refractivity contribution < 1.29 is 14.3 Å². The van der Waals surface area contributed by atoms with Crippen molar-refractivity contribution in [1.29, 1.82) is 0 Å². The van der Waals surface area contributed by atoms with Crippen LogP contribution >= 0.6 is 35.0 Å². The number of benzene rings is 3.